The minimum absolute atomic E-state index is 0.0578. The van der Waals surface area contributed by atoms with Gasteiger partial charge in [-0.15, -0.1) is 0 Å². The van der Waals surface area contributed by atoms with Crippen molar-refractivity contribution in [3.8, 4) is 6.07 Å². The molecule has 2 rings (SSSR count). The number of ether oxygens (including phenoxy) is 1. The van der Waals surface area contributed by atoms with Crippen LogP contribution in [-0.2, 0) is 14.3 Å². The van der Waals surface area contributed by atoms with Crippen molar-refractivity contribution in [3.05, 3.63) is 71.0 Å². The molecular formula is C20H16ClFN2O3. The van der Waals surface area contributed by atoms with Gasteiger partial charge in [0.2, 0.25) is 0 Å². The predicted octanol–water partition coefficient (Wildman–Crippen LogP) is 3.98. The summed E-state index contributed by atoms with van der Waals surface area (Å²) in [5.74, 6) is -1.85. The molecule has 0 fully saturated rings. The maximum absolute atomic E-state index is 13.7. The van der Waals surface area contributed by atoms with Gasteiger partial charge in [-0.2, -0.15) is 5.26 Å². The highest BCUT2D eigenvalue weighted by Gasteiger charge is 2.16. The maximum atomic E-state index is 13.7. The van der Waals surface area contributed by atoms with E-state index in [1.807, 2.05) is 6.07 Å². The van der Waals surface area contributed by atoms with Crippen molar-refractivity contribution in [3.63, 3.8) is 0 Å². The molecule has 0 N–H and O–H groups in total. The molecule has 0 bridgehead atoms. The van der Waals surface area contributed by atoms with Gasteiger partial charge in [0.15, 0.2) is 6.61 Å². The fourth-order valence-corrected chi connectivity index (χ4v) is 2.47. The fraction of sp³-hybridized carbons (Fsp3) is 0.150. The Hall–Kier alpha value is -3.17. The topological polar surface area (TPSA) is 70.4 Å². The van der Waals surface area contributed by atoms with Gasteiger partial charge in [0.05, 0.1) is 17.5 Å². The number of benzene rings is 2. The Morgan fingerprint density at radius 3 is 2.59 bits per heavy atom. The van der Waals surface area contributed by atoms with Crippen LogP contribution in [0.2, 0.25) is 5.02 Å². The van der Waals surface area contributed by atoms with Gasteiger partial charge >= 0.3 is 5.97 Å². The fourth-order valence-electron chi connectivity index (χ4n) is 2.25. The van der Waals surface area contributed by atoms with E-state index in [9.17, 15) is 14.0 Å². The Morgan fingerprint density at radius 1 is 1.19 bits per heavy atom. The number of amides is 1. The molecule has 0 radical (unpaired) electrons. The number of esters is 1. The van der Waals surface area contributed by atoms with Crippen molar-refractivity contribution in [1.29, 1.82) is 5.26 Å². The van der Waals surface area contributed by atoms with Crippen molar-refractivity contribution in [2.24, 2.45) is 0 Å². The zero-order valence-corrected chi connectivity index (χ0v) is 15.0. The summed E-state index contributed by atoms with van der Waals surface area (Å²) in [5, 5.41) is 8.92. The maximum Gasteiger partial charge on any atom is 0.331 e. The second-order valence-electron chi connectivity index (χ2n) is 5.37. The Morgan fingerprint density at radius 2 is 1.93 bits per heavy atom. The smallest absolute Gasteiger partial charge is 0.331 e. The summed E-state index contributed by atoms with van der Waals surface area (Å²) in [6.07, 6.45) is 2.33. The van der Waals surface area contributed by atoms with Gasteiger partial charge in [0.1, 0.15) is 5.82 Å². The molecule has 0 spiro atoms. The number of hydrogen-bond donors (Lipinski definition) is 0. The number of carbonyl (C=O) groups excluding carboxylic acids is 2. The molecule has 0 aliphatic carbocycles. The third kappa shape index (κ3) is 5.94. The lowest BCUT2D eigenvalue weighted by Gasteiger charge is -2.21. The summed E-state index contributed by atoms with van der Waals surface area (Å²) in [5.41, 5.74) is 0.657. The van der Waals surface area contributed by atoms with Crippen LogP contribution in [0.1, 0.15) is 12.0 Å². The Balaban J connectivity index is 1.99. The van der Waals surface area contributed by atoms with Crippen LogP contribution >= 0.6 is 11.6 Å². The van der Waals surface area contributed by atoms with Gasteiger partial charge in [0.25, 0.3) is 5.91 Å². The first-order chi connectivity index (χ1) is 13.0. The van der Waals surface area contributed by atoms with E-state index in [2.05, 4.69) is 0 Å². The van der Waals surface area contributed by atoms with Gasteiger partial charge in [-0.05, 0) is 30.3 Å². The van der Waals surface area contributed by atoms with Crippen molar-refractivity contribution >= 4 is 35.2 Å². The molecule has 0 aliphatic heterocycles. The molecule has 138 valence electrons. The summed E-state index contributed by atoms with van der Waals surface area (Å²) in [7, 11) is 0. The predicted molar refractivity (Wildman–Crippen MR) is 100 cm³/mol. The van der Waals surface area contributed by atoms with Crippen molar-refractivity contribution in [1.82, 2.24) is 0 Å². The van der Waals surface area contributed by atoms with E-state index in [1.54, 1.807) is 30.3 Å². The highest BCUT2D eigenvalue weighted by atomic mass is 35.5. The van der Waals surface area contributed by atoms with E-state index < -0.39 is 24.3 Å². The normalized spacial score (nSPS) is 10.4. The van der Waals surface area contributed by atoms with E-state index in [0.717, 1.165) is 6.08 Å². The third-order valence-corrected chi connectivity index (χ3v) is 3.87. The second-order valence-corrected chi connectivity index (χ2v) is 5.77. The van der Waals surface area contributed by atoms with Crippen molar-refractivity contribution in [2.45, 2.75) is 6.42 Å². The molecular weight excluding hydrogens is 371 g/mol. The lowest BCUT2D eigenvalue weighted by Crippen LogP contribution is -2.35. The van der Waals surface area contributed by atoms with Gasteiger partial charge in [-0.3, -0.25) is 4.79 Å². The summed E-state index contributed by atoms with van der Waals surface area (Å²) in [6, 6.07) is 14.9. The number of anilines is 1. The van der Waals surface area contributed by atoms with Crippen LogP contribution in [0.15, 0.2) is 54.6 Å². The number of hydrogen-bond acceptors (Lipinski definition) is 4. The molecule has 0 heterocycles. The average molecular weight is 387 g/mol. The molecule has 0 atom stereocenters. The summed E-state index contributed by atoms with van der Waals surface area (Å²) < 4.78 is 18.6. The number of nitrogens with zero attached hydrogens (tertiary/aromatic N) is 2. The van der Waals surface area contributed by atoms with Crippen LogP contribution < -0.4 is 4.90 Å². The SMILES string of the molecule is N#CCCN(C(=O)COC(=O)/C=C/c1c(F)cccc1Cl)c1ccccc1. The molecule has 0 saturated carbocycles. The molecule has 27 heavy (non-hydrogen) atoms. The first kappa shape index (κ1) is 20.1. The number of nitriles is 1. The first-order valence-corrected chi connectivity index (χ1v) is 8.42. The molecule has 7 heteroatoms. The highest BCUT2D eigenvalue weighted by molar-refractivity contribution is 6.32. The van der Waals surface area contributed by atoms with Crippen LogP contribution in [0.3, 0.4) is 0 Å². The van der Waals surface area contributed by atoms with Crippen LogP contribution in [0.5, 0.6) is 0 Å². The summed E-state index contributed by atoms with van der Waals surface area (Å²) in [6.45, 7) is -0.327. The molecule has 0 unspecified atom stereocenters. The van der Waals surface area contributed by atoms with E-state index in [0.29, 0.717) is 5.69 Å². The molecule has 2 aromatic carbocycles. The van der Waals surface area contributed by atoms with Crippen molar-refractivity contribution < 1.29 is 18.7 Å². The Kier molecular flexibility index (Phi) is 7.53. The first-order valence-electron chi connectivity index (χ1n) is 8.04. The molecule has 0 aliphatic rings. The second kappa shape index (κ2) is 10.1. The Bertz CT molecular complexity index is 858. The monoisotopic (exact) mass is 386 g/mol. The van der Waals surface area contributed by atoms with E-state index in [1.165, 1.54) is 29.2 Å². The van der Waals surface area contributed by atoms with Gasteiger partial charge in [-0.25, -0.2) is 9.18 Å². The zero-order chi connectivity index (χ0) is 19.6. The van der Waals surface area contributed by atoms with Crippen molar-refractivity contribution in [2.75, 3.05) is 18.1 Å². The quantitative estimate of drug-likeness (QED) is 0.533. The number of para-hydroxylation sites is 1. The standard InChI is InChI=1S/C20H16ClFN2O3/c21-17-8-4-9-18(22)16(17)10-11-20(26)27-14-19(25)24(13-5-12-23)15-6-2-1-3-7-15/h1-4,6-11H,5,13-14H2/b11-10+. The molecule has 1 amide bonds. The van der Waals surface area contributed by atoms with Crippen LogP contribution in [0, 0.1) is 17.1 Å². The highest BCUT2D eigenvalue weighted by Crippen LogP contribution is 2.20. The molecule has 0 saturated heterocycles. The molecule has 2 aromatic rings. The molecule has 5 nitrogen and oxygen atoms in total. The van der Waals surface area contributed by atoms with Crippen LogP contribution in [0.4, 0.5) is 10.1 Å². The number of carbonyl (C=O) groups is 2. The lowest BCUT2D eigenvalue weighted by atomic mass is 10.2. The van der Waals surface area contributed by atoms with Crippen LogP contribution in [0.25, 0.3) is 6.08 Å². The summed E-state index contributed by atoms with van der Waals surface area (Å²) >= 11 is 5.87. The zero-order valence-electron chi connectivity index (χ0n) is 14.3. The Labute approximate surface area is 161 Å². The van der Waals surface area contributed by atoms with Gasteiger partial charge in [0, 0.05) is 23.9 Å². The lowest BCUT2D eigenvalue weighted by molar-refractivity contribution is -0.142. The minimum Gasteiger partial charge on any atom is -0.452 e. The van der Waals surface area contributed by atoms with E-state index in [4.69, 9.17) is 21.6 Å². The average Bonchev–Trinajstić information content (AvgIpc) is 2.67. The number of halogens is 2. The third-order valence-electron chi connectivity index (χ3n) is 3.54. The van der Waals surface area contributed by atoms with Gasteiger partial charge in [-0.1, -0.05) is 35.9 Å². The van der Waals surface area contributed by atoms with E-state index >= 15 is 0 Å². The summed E-state index contributed by atoms with van der Waals surface area (Å²) in [4.78, 5) is 25.6. The largest absolute Gasteiger partial charge is 0.452 e. The van der Waals surface area contributed by atoms with E-state index in [-0.39, 0.29) is 23.6 Å². The molecule has 0 aromatic heterocycles. The number of rotatable bonds is 7. The van der Waals surface area contributed by atoms with Gasteiger partial charge < -0.3 is 9.64 Å². The minimum atomic E-state index is -0.809. The van der Waals surface area contributed by atoms with Crippen LogP contribution in [-0.4, -0.2) is 25.0 Å².